The Morgan fingerprint density at radius 2 is 2.06 bits per heavy atom. The van der Waals surface area contributed by atoms with Crippen molar-refractivity contribution in [3.63, 3.8) is 0 Å². The summed E-state index contributed by atoms with van der Waals surface area (Å²) in [7, 11) is 1.79. The normalized spacial score (nSPS) is 17.9. The molecule has 1 aliphatic carbocycles. The van der Waals surface area contributed by atoms with Gasteiger partial charge in [0, 0.05) is 11.6 Å². The number of hydrogen-bond donors (Lipinski definition) is 1. The van der Waals surface area contributed by atoms with E-state index in [0.29, 0.717) is 11.5 Å². The highest BCUT2D eigenvalue weighted by Gasteiger charge is 2.24. The summed E-state index contributed by atoms with van der Waals surface area (Å²) in [5.41, 5.74) is 0.431. The number of hydrogen-bond acceptors (Lipinski definition) is 1. The van der Waals surface area contributed by atoms with E-state index in [0.717, 1.165) is 6.42 Å². The lowest BCUT2D eigenvalue weighted by Gasteiger charge is -2.30. The topological polar surface area (TPSA) is 12.0 Å². The summed E-state index contributed by atoms with van der Waals surface area (Å²) in [6, 6.07) is 2.40. The SMILES string of the molecule is CNC(CC1CCC1)c1cc(F)c(Br)cc1F. The van der Waals surface area contributed by atoms with Gasteiger partial charge in [-0.05, 0) is 47.4 Å². The van der Waals surface area contributed by atoms with Crippen molar-refractivity contribution in [2.24, 2.45) is 5.92 Å². The Morgan fingerprint density at radius 3 is 2.59 bits per heavy atom. The second kappa shape index (κ2) is 5.44. The van der Waals surface area contributed by atoms with E-state index in [-0.39, 0.29) is 16.3 Å². The largest absolute Gasteiger partial charge is 0.313 e. The second-order valence-corrected chi connectivity index (χ2v) is 5.52. The third-order valence-electron chi connectivity index (χ3n) is 3.56. The monoisotopic (exact) mass is 303 g/mol. The fourth-order valence-corrected chi connectivity index (χ4v) is 2.58. The first-order chi connectivity index (χ1) is 8.11. The zero-order chi connectivity index (χ0) is 12.4. The van der Waals surface area contributed by atoms with Crippen LogP contribution in [0.3, 0.4) is 0 Å². The summed E-state index contributed by atoms with van der Waals surface area (Å²) in [5, 5.41) is 3.08. The first-order valence-electron chi connectivity index (χ1n) is 5.93. The maximum Gasteiger partial charge on any atom is 0.137 e. The molecule has 1 aliphatic rings. The number of nitrogens with one attached hydrogen (secondary N) is 1. The Balaban J connectivity index is 2.19. The Labute approximate surface area is 109 Å². The van der Waals surface area contributed by atoms with E-state index < -0.39 is 5.82 Å². The van der Waals surface area contributed by atoms with Crippen molar-refractivity contribution in [3.05, 3.63) is 33.8 Å². The lowest BCUT2D eigenvalue weighted by molar-refractivity contribution is 0.263. The third kappa shape index (κ3) is 2.86. The van der Waals surface area contributed by atoms with Crippen LogP contribution in [0.15, 0.2) is 16.6 Å². The van der Waals surface area contributed by atoms with Gasteiger partial charge in [0.15, 0.2) is 0 Å². The van der Waals surface area contributed by atoms with Gasteiger partial charge in [0.1, 0.15) is 11.6 Å². The number of halogens is 3. The van der Waals surface area contributed by atoms with Crippen LogP contribution in [0.5, 0.6) is 0 Å². The molecule has 0 spiro atoms. The summed E-state index contributed by atoms with van der Waals surface area (Å²) in [6.07, 6.45) is 4.56. The molecule has 0 saturated heterocycles. The van der Waals surface area contributed by atoms with E-state index in [1.54, 1.807) is 7.05 Å². The minimum Gasteiger partial charge on any atom is -0.313 e. The van der Waals surface area contributed by atoms with Crippen LogP contribution in [-0.4, -0.2) is 7.05 Å². The Hall–Kier alpha value is -0.480. The van der Waals surface area contributed by atoms with Gasteiger partial charge in [-0.3, -0.25) is 0 Å². The average Bonchev–Trinajstić information content (AvgIpc) is 2.23. The molecule has 94 valence electrons. The van der Waals surface area contributed by atoms with E-state index in [1.165, 1.54) is 31.4 Å². The Bertz CT molecular complexity index is 405. The molecule has 0 aliphatic heterocycles. The van der Waals surface area contributed by atoms with E-state index in [1.807, 2.05) is 0 Å². The minimum atomic E-state index is -0.407. The molecule has 1 atom stereocenters. The summed E-state index contributed by atoms with van der Waals surface area (Å²) in [5.74, 6) is -0.106. The van der Waals surface area contributed by atoms with Crippen molar-refractivity contribution in [3.8, 4) is 0 Å². The molecule has 1 nitrogen and oxygen atoms in total. The molecule has 1 aromatic carbocycles. The molecule has 2 rings (SSSR count). The molecule has 1 unspecified atom stereocenters. The van der Waals surface area contributed by atoms with Crippen molar-refractivity contribution in [2.45, 2.75) is 31.7 Å². The smallest absolute Gasteiger partial charge is 0.137 e. The second-order valence-electron chi connectivity index (χ2n) is 4.66. The predicted molar refractivity (Wildman–Crippen MR) is 67.8 cm³/mol. The maximum atomic E-state index is 13.8. The molecule has 1 saturated carbocycles. The fourth-order valence-electron chi connectivity index (χ4n) is 2.27. The van der Waals surface area contributed by atoms with Crippen molar-refractivity contribution >= 4 is 15.9 Å². The van der Waals surface area contributed by atoms with Crippen LogP contribution in [0.25, 0.3) is 0 Å². The number of rotatable bonds is 4. The van der Waals surface area contributed by atoms with Crippen molar-refractivity contribution in [1.29, 1.82) is 0 Å². The van der Waals surface area contributed by atoms with Crippen LogP contribution in [0.1, 0.15) is 37.3 Å². The van der Waals surface area contributed by atoms with E-state index >= 15 is 0 Å². The zero-order valence-corrected chi connectivity index (χ0v) is 11.4. The van der Waals surface area contributed by atoms with Gasteiger partial charge in [-0.25, -0.2) is 8.78 Å². The first kappa shape index (κ1) is 13.0. The van der Waals surface area contributed by atoms with E-state index in [2.05, 4.69) is 21.2 Å². The molecule has 0 heterocycles. The van der Waals surface area contributed by atoms with E-state index in [9.17, 15) is 8.78 Å². The summed E-state index contributed by atoms with van der Waals surface area (Å²) >= 11 is 2.99. The molecular formula is C13H16BrF2N. The molecular weight excluding hydrogens is 288 g/mol. The Kier molecular flexibility index (Phi) is 4.15. The highest BCUT2D eigenvalue weighted by atomic mass is 79.9. The van der Waals surface area contributed by atoms with Gasteiger partial charge in [0.2, 0.25) is 0 Å². The van der Waals surface area contributed by atoms with Gasteiger partial charge in [0.25, 0.3) is 0 Å². The Morgan fingerprint density at radius 1 is 1.35 bits per heavy atom. The third-order valence-corrected chi connectivity index (χ3v) is 4.16. The predicted octanol–water partition coefficient (Wildman–Crippen LogP) is 4.18. The highest BCUT2D eigenvalue weighted by Crippen LogP contribution is 2.36. The highest BCUT2D eigenvalue weighted by molar-refractivity contribution is 9.10. The van der Waals surface area contributed by atoms with Crippen molar-refractivity contribution in [2.75, 3.05) is 7.05 Å². The standard InChI is InChI=1S/C13H16BrF2N/c1-17-13(5-8-3-2-4-8)9-6-12(16)10(14)7-11(9)15/h6-8,13,17H,2-5H2,1H3. The van der Waals surface area contributed by atoms with Crippen LogP contribution in [0.4, 0.5) is 8.78 Å². The van der Waals surface area contributed by atoms with Gasteiger partial charge >= 0.3 is 0 Å². The summed E-state index contributed by atoms with van der Waals surface area (Å²) in [4.78, 5) is 0. The van der Waals surface area contributed by atoms with Gasteiger partial charge in [0.05, 0.1) is 4.47 Å². The lowest BCUT2D eigenvalue weighted by atomic mass is 9.79. The quantitative estimate of drug-likeness (QED) is 0.823. The molecule has 1 N–H and O–H groups in total. The van der Waals surface area contributed by atoms with Crippen molar-refractivity contribution in [1.82, 2.24) is 5.32 Å². The number of benzene rings is 1. The molecule has 0 bridgehead atoms. The summed E-state index contributed by atoms with van der Waals surface area (Å²) in [6.45, 7) is 0. The van der Waals surface area contributed by atoms with Crippen molar-refractivity contribution < 1.29 is 8.78 Å². The van der Waals surface area contributed by atoms with Crippen LogP contribution >= 0.6 is 15.9 Å². The molecule has 0 amide bonds. The van der Waals surface area contributed by atoms with Gasteiger partial charge in [-0.2, -0.15) is 0 Å². The minimum absolute atomic E-state index is 0.0945. The fraction of sp³-hybridized carbons (Fsp3) is 0.538. The molecule has 17 heavy (non-hydrogen) atoms. The molecule has 0 radical (unpaired) electrons. The average molecular weight is 304 g/mol. The van der Waals surface area contributed by atoms with Crippen LogP contribution < -0.4 is 5.32 Å². The van der Waals surface area contributed by atoms with Gasteiger partial charge < -0.3 is 5.32 Å². The first-order valence-corrected chi connectivity index (χ1v) is 6.72. The van der Waals surface area contributed by atoms with Gasteiger partial charge in [-0.15, -0.1) is 0 Å². The molecule has 4 heteroatoms. The maximum absolute atomic E-state index is 13.8. The molecule has 1 aromatic rings. The van der Waals surface area contributed by atoms with Crippen LogP contribution in [0, 0.1) is 17.6 Å². The van der Waals surface area contributed by atoms with E-state index in [4.69, 9.17) is 0 Å². The zero-order valence-electron chi connectivity index (χ0n) is 9.77. The van der Waals surface area contributed by atoms with Gasteiger partial charge in [-0.1, -0.05) is 19.3 Å². The summed E-state index contributed by atoms with van der Waals surface area (Å²) < 4.78 is 27.4. The molecule has 1 fully saturated rings. The molecule has 0 aromatic heterocycles. The van der Waals surface area contributed by atoms with Crippen LogP contribution in [0.2, 0.25) is 0 Å². The van der Waals surface area contributed by atoms with Crippen LogP contribution in [-0.2, 0) is 0 Å². The lowest BCUT2D eigenvalue weighted by Crippen LogP contribution is -2.24.